The third-order valence-corrected chi connectivity index (χ3v) is 7.81. The molecule has 1 unspecified atom stereocenters. The monoisotopic (exact) mass is 316 g/mol. The van der Waals surface area contributed by atoms with Crippen LogP contribution >= 0.6 is 0 Å². The highest BCUT2D eigenvalue weighted by molar-refractivity contribution is 5.92. The van der Waals surface area contributed by atoms with Crippen LogP contribution in [0.3, 0.4) is 0 Å². The Bertz CT molecular complexity index is 577. The van der Waals surface area contributed by atoms with Gasteiger partial charge in [-0.1, -0.05) is 12.5 Å². The lowest BCUT2D eigenvalue weighted by Crippen LogP contribution is -2.50. The molecule has 0 spiro atoms. The molecule has 4 rings (SSSR count). The molecule has 1 N–H and O–H groups in total. The van der Waals surface area contributed by atoms with Crippen molar-refractivity contribution in [2.75, 3.05) is 0 Å². The summed E-state index contributed by atoms with van der Waals surface area (Å²) in [5, 5.41) is 10.5. The van der Waals surface area contributed by atoms with Crippen LogP contribution in [0.1, 0.15) is 58.8 Å². The molecule has 3 heteroatoms. The highest BCUT2D eigenvalue weighted by Crippen LogP contribution is 2.63. The van der Waals surface area contributed by atoms with E-state index in [2.05, 4.69) is 6.92 Å². The first-order chi connectivity index (χ1) is 10.9. The molecule has 0 aromatic heterocycles. The van der Waals surface area contributed by atoms with Crippen LogP contribution in [0.4, 0.5) is 0 Å². The molecule has 0 radical (unpaired) electrons. The zero-order valence-corrected chi connectivity index (χ0v) is 14.3. The molecule has 7 atom stereocenters. The molecule has 3 nitrogen and oxygen atoms in total. The number of ketones is 2. The first-order valence-electron chi connectivity index (χ1n) is 9.33. The fourth-order valence-corrected chi connectivity index (χ4v) is 6.92. The number of fused-ring (bicyclic) bond motifs is 5. The number of carbonyl (C=O) groups is 2. The van der Waals surface area contributed by atoms with Gasteiger partial charge in [0, 0.05) is 18.3 Å². The Balaban J connectivity index is 1.64. The van der Waals surface area contributed by atoms with Gasteiger partial charge in [-0.3, -0.25) is 9.59 Å². The summed E-state index contributed by atoms with van der Waals surface area (Å²) >= 11 is 0. The summed E-state index contributed by atoms with van der Waals surface area (Å²) in [5.41, 5.74) is 1.38. The Morgan fingerprint density at radius 1 is 1.22 bits per heavy atom. The number of Topliss-reactive ketones (excluding diaryl/α,β-unsaturated/α-hetero) is 1. The van der Waals surface area contributed by atoms with E-state index in [1.54, 1.807) is 6.92 Å². The smallest absolute Gasteiger partial charge is 0.158 e. The number of rotatable bonds is 1. The van der Waals surface area contributed by atoms with Crippen molar-refractivity contribution in [1.29, 1.82) is 0 Å². The minimum atomic E-state index is -0.482. The number of aliphatic hydroxyl groups excluding tert-OH is 1. The van der Waals surface area contributed by atoms with Gasteiger partial charge in [0.15, 0.2) is 5.78 Å². The molecule has 0 aliphatic heterocycles. The Morgan fingerprint density at radius 2 is 2.00 bits per heavy atom. The fourth-order valence-electron chi connectivity index (χ4n) is 6.92. The molecule has 4 aliphatic rings. The molecule has 0 heterocycles. The maximum Gasteiger partial charge on any atom is 0.158 e. The third kappa shape index (κ3) is 2.19. The Labute approximate surface area is 138 Å². The summed E-state index contributed by atoms with van der Waals surface area (Å²) in [6.45, 7) is 4.11. The SMILES string of the molecule is CC(=O)[C@H]1CC[C@H]2[C@@H]3CCC4=CC(=O)CC(O)[C@@H]4[C@H]3CC[C@]12C. The highest BCUT2D eigenvalue weighted by atomic mass is 16.3. The molecule has 126 valence electrons. The van der Waals surface area contributed by atoms with Crippen molar-refractivity contribution in [2.24, 2.45) is 35.0 Å². The van der Waals surface area contributed by atoms with Crippen LogP contribution in [0.25, 0.3) is 0 Å². The largest absolute Gasteiger partial charge is 0.392 e. The maximum absolute atomic E-state index is 12.1. The molecule has 0 bridgehead atoms. The number of hydrogen-bond acceptors (Lipinski definition) is 3. The van der Waals surface area contributed by atoms with Gasteiger partial charge in [0.2, 0.25) is 0 Å². The number of hydrogen-bond donors (Lipinski definition) is 1. The van der Waals surface area contributed by atoms with Crippen LogP contribution in [0.2, 0.25) is 0 Å². The average Bonchev–Trinajstić information content (AvgIpc) is 2.83. The molecule has 23 heavy (non-hydrogen) atoms. The van der Waals surface area contributed by atoms with Crippen molar-refractivity contribution in [2.45, 2.75) is 64.9 Å². The Kier molecular flexibility index (Phi) is 3.57. The second-order valence-corrected chi connectivity index (χ2v) is 8.74. The molecule has 3 saturated carbocycles. The van der Waals surface area contributed by atoms with Crippen molar-refractivity contribution in [1.82, 2.24) is 0 Å². The summed E-state index contributed by atoms with van der Waals surface area (Å²) in [6.07, 6.45) is 8.18. The molecular weight excluding hydrogens is 288 g/mol. The Morgan fingerprint density at radius 3 is 2.74 bits per heavy atom. The number of carbonyl (C=O) groups excluding carboxylic acids is 2. The van der Waals surface area contributed by atoms with Crippen LogP contribution in [0, 0.1) is 35.0 Å². The quantitative estimate of drug-likeness (QED) is 0.807. The second-order valence-electron chi connectivity index (χ2n) is 8.74. The Hall–Kier alpha value is -0.960. The van der Waals surface area contributed by atoms with E-state index in [1.807, 2.05) is 6.08 Å². The summed E-state index contributed by atoms with van der Waals surface area (Å²) in [5.74, 6) is 2.68. The normalized spacial score (nSPS) is 49.0. The predicted molar refractivity (Wildman–Crippen MR) is 87.7 cm³/mol. The van der Waals surface area contributed by atoms with Gasteiger partial charge in [0.05, 0.1) is 6.10 Å². The summed E-state index contributed by atoms with van der Waals surface area (Å²) < 4.78 is 0. The first kappa shape index (κ1) is 15.6. The van der Waals surface area contributed by atoms with Gasteiger partial charge >= 0.3 is 0 Å². The number of aliphatic hydroxyl groups is 1. The molecular formula is C20H28O3. The van der Waals surface area contributed by atoms with E-state index in [0.29, 0.717) is 30.0 Å². The lowest BCUT2D eigenvalue weighted by molar-refractivity contribution is -0.128. The van der Waals surface area contributed by atoms with Crippen LogP contribution in [0.15, 0.2) is 11.6 Å². The molecule has 0 aromatic rings. The van der Waals surface area contributed by atoms with E-state index < -0.39 is 6.10 Å². The molecule has 0 amide bonds. The lowest BCUT2D eigenvalue weighted by Gasteiger charge is -2.54. The predicted octanol–water partition coefficient (Wildman–Crippen LogP) is 3.30. The van der Waals surface area contributed by atoms with Crippen molar-refractivity contribution in [3.63, 3.8) is 0 Å². The van der Waals surface area contributed by atoms with E-state index >= 15 is 0 Å². The second kappa shape index (κ2) is 5.27. The van der Waals surface area contributed by atoms with E-state index in [1.165, 1.54) is 12.0 Å². The summed E-state index contributed by atoms with van der Waals surface area (Å²) in [7, 11) is 0. The lowest BCUT2D eigenvalue weighted by atomic mass is 9.50. The van der Waals surface area contributed by atoms with Gasteiger partial charge in [-0.15, -0.1) is 0 Å². The molecule has 4 aliphatic carbocycles. The van der Waals surface area contributed by atoms with Crippen LogP contribution in [-0.4, -0.2) is 22.8 Å². The third-order valence-electron chi connectivity index (χ3n) is 7.81. The van der Waals surface area contributed by atoms with Crippen LogP contribution < -0.4 is 0 Å². The zero-order chi connectivity index (χ0) is 16.4. The standard InChI is InChI=1S/C20H28O3/c1-11(21)16-5-6-17-14-4-3-12-9-13(22)10-18(23)19(12)15(14)7-8-20(16,17)2/h9,14-19,23H,3-8,10H2,1-2H3/t14-,15+,16-,17+,18?,19+,20-/m1/s1. The minimum absolute atomic E-state index is 0.0976. The molecule has 3 fully saturated rings. The molecule has 0 aromatic carbocycles. The van der Waals surface area contributed by atoms with Gasteiger partial charge in [0.25, 0.3) is 0 Å². The summed E-state index contributed by atoms with van der Waals surface area (Å²) in [6, 6.07) is 0. The van der Waals surface area contributed by atoms with E-state index in [0.717, 1.165) is 32.1 Å². The van der Waals surface area contributed by atoms with Gasteiger partial charge in [0.1, 0.15) is 5.78 Å². The van der Waals surface area contributed by atoms with Crippen molar-refractivity contribution in [3.05, 3.63) is 11.6 Å². The topological polar surface area (TPSA) is 54.4 Å². The van der Waals surface area contributed by atoms with Gasteiger partial charge in [-0.05, 0) is 74.7 Å². The van der Waals surface area contributed by atoms with E-state index in [-0.39, 0.29) is 23.0 Å². The van der Waals surface area contributed by atoms with Crippen LogP contribution in [-0.2, 0) is 9.59 Å². The zero-order valence-electron chi connectivity index (χ0n) is 14.3. The van der Waals surface area contributed by atoms with Gasteiger partial charge < -0.3 is 5.11 Å². The van der Waals surface area contributed by atoms with Crippen molar-refractivity contribution < 1.29 is 14.7 Å². The summed E-state index contributed by atoms with van der Waals surface area (Å²) in [4.78, 5) is 23.9. The highest BCUT2D eigenvalue weighted by Gasteiger charge is 2.58. The minimum Gasteiger partial charge on any atom is -0.392 e. The van der Waals surface area contributed by atoms with Crippen molar-refractivity contribution >= 4 is 11.6 Å². The average molecular weight is 316 g/mol. The van der Waals surface area contributed by atoms with Crippen molar-refractivity contribution in [3.8, 4) is 0 Å². The van der Waals surface area contributed by atoms with Gasteiger partial charge in [-0.2, -0.15) is 0 Å². The maximum atomic E-state index is 12.1. The molecule has 0 saturated heterocycles. The van der Waals surface area contributed by atoms with Gasteiger partial charge in [-0.25, -0.2) is 0 Å². The van der Waals surface area contributed by atoms with Crippen LogP contribution in [0.5, 0.6) is 0 Å². The fraction of sp³-hybridized carbons (Fsp3) is 0.800. The van der Waals surface area contributed by atoms with E-state index in [9.17, 15) is 14.7 Å². The first-order valence-corrected chi connectivity index (χ1v) is 9.33. The van der Waals surface area contributed by atoms with E-state index in [4.69, 9.17) is 0 Å².